The molecule has 4 nitrogen and oxygen atoms in total. The third-order valence-electron chi connectivity index (χ3n) is 4.35. The van der Waals surface area contributed by atoms with Gasteiger partial charge in [0.15, 0.2) is 0 Å². The molecule has 120 valence electrons. The molecule has 4 heteroatoms. The topological polar surface area (TPSA) is 35.6 Å². The standard InChI is InChI=1S/C19H23N3O/c1-15-7-9-17(10-8-15)21-11-13-22(14-12-21)19(23)20-18-6-4-3-5-16(18)2/h3-10H,11-14H2,1-2H3,(H,20,23). The van der Waals surface area contributed by atoms with Crippen molar-refractivity contribution in [2.75, 3.05) is 36.4 Å². The quantitative estimate of drug-likeness (QED) is 0.919. The zero-order chi connectivity index (χ0) is 16.2. The number of anilines is 2. The number of piperazine rings is 1. The fourth-order valence-electron chi connectivity index (χ4n) is 2.83. The van der Waals surface area contributed by atoms with Crippen LogP contribution in [0.15, 0.2) is 48.5 Å². The van der Waals surface area contributed by atoms with Crippen LogP contribution in [0.5, 0.6) is 0 Å². The van der Waals surface area contributed by atoms with Gasteiger partial charge in [-0.3, -0.25) is 0 Å². The lowest BCUT2D eigenvalue weighted by Crippen LogP contribution is -2.50. The maximum absolute atomic E-state index is 12.4. The molecule has 0 unspecified atom stereocenters. The van der Waals surface area contributed by atoms with Crippen LogP contribution in [0.3, 0.4) is 0 Å². The lowest BCUT2D eigenvalue weighted by molar-refractivity contribution is 0.208. The number of carbonyl (C=O) groups excluding carboxylic acids is 1. The highest BCUT2D eigenvalue weighted by Gasteiger charge is 2.21. The predicted molar refractivity (Wildman–Crippen MR) is 95.2 cm³/mol. The first-order valence-corrected chi connectivity index (χ1v) is 8.06. The van der Waals surface area contributed by atoms with E-state index in [4.69, 9.17) is 0 Å². The fourth-order valence-corrected chi connectivity index (χ4v) is 2.83. The highest BCUT2D eigenvalue weighted by atomic mass is 16.2. The van der Waals surface area contributed by atoms with Gasteiger partial charge in [0.2, 0.25) is 0 Å². The van der Waals surface area contributed by atoms with E-state index in [1.165, 1.54) is 11.3 Å². The van der Waals surface area contributed by atoms with Gasteiger partial charge in [0, 0.05) is 37.6 Å². The number of urea groups is 1. The average Bonchev–Trinajstić information content (AvgIpc) is 2.58. The number of nitrogens with zero attached hydrogens (tertiary/aromatic N) is 2. The number of nitrogens with one attached hydrogen (secondary N) is 1. The van der Waals surface area contributed by atoms with Crippen LogP contribution in [0.1, 0.15) is 11.1 Å². The molecule has 1 N–H and O–H groups in total. The third kappa shape index (κ3) is 3.65. The maximum atomic E-state index is 12.4. The van der Waals surface area contributed by atoms with Crippen LogP contribution in [0.4, 0.5) is 16.2 Å². The Morgan fingerprint density at radius 1 is 0.913 bits per heavy atom. The van der Waals surface area contributed by atoms with E-state index in [1.807, 2.05) is 36.1 Å². The van der Waals surface area contributed by atoms with Crippen molar-refractivity contribution in [2.45, 2.75) is 13.8 Å². The van der Waals surface area contributed by atoms with Crippen LogP contribution in [0.25, 0.3) is 0 Å². The lowest BCUT2D eigenvalue weighted by Gasteiger charge is -2.36. The van der Waals surface area contributed by atoms with Gasteiger partial charge < -0.3 is 15.1 Å². The van der Waals surface area contributed by atoms with Gasteiger partial charge in [0.05, 0.1) is 0 Å². The molecule has 2 aromatic rings. The van der Waals surface area contributed by atoms with Crippen molar-refractivity contribution < 1.29 is 4.79 Å². The van der Waals surface area contributed by atoms with Gasteiger partial charge in [-0.25, -0.2) is 4.79 Å². The summed E-state index contributed by atoms with van der Waals surface area (Å²) in [6.45, 7) is 7.31. The third-order valence-corrected chi connectivity index (χ3v) is 4.35. The molecule has 0 bridgehead atoms. The average molecular weight is 309 g/mol. The van der Waals surface area contributed by atoms with Gasteiger partial charge >= 0.3 is 6.03 Å². The Bertz CT molecular complexity index is 673. The normalized spacial score (nSPS) is 14.7. The summed E-state index contributed by atoms with van der Waals surface area (Å²) in [7, 11) is 0. The first kappa shape index (κ1) is 15.4. The van der Waals surface area contributed by atoms with Crippen molar-refractivity contribution in [2.24, 2.45) is 0 Å². The van der Waals surface area contributed by atoms with Gasteiger partial charge in [0.1, 0.15) is 0 Å². The molecule has 1 heterocycles. The van der Waals surface area contributed by atoms with E-state index in [-0.39, 0.29) is 6.03 Å². The van der Waals surface area contributed by atoms with E-state index in [2.05, 4.69) is 41.4 Å². The van der Waals surface area contributed by atoms with E-state index in [0.717, 1.165) is 37.4 Å². The summed E-state index contributed by atoms with van der Waals surface area (Å²) in [6, 6.07) is 16.4. The molecule has 3 rings (SSSR count). The molecule has 0 aromatic heterocycles. The minimum atomic E-state index is -0.0112. The van der Waals surface area contributed by atoms with E-state index in [9.17, 15) is 4.79 Å². The summed E-state index contributed by atoms with van der Waals surface area (Å²) in [4.78, 5) is 16.6. The van der Waals surface area contributed by atoms with Crippen LogP contribution < -0.4 is 10.2 Å². The highest BCUT2D eigenvalue weighted by molar-refractivity contribution is 5.90. The van der Waals surface area contributed by atoms with Crippen LogP contribution in [-0.2, 0) is 0 Å². The van der Waals surface area contributed by atoms with Gasteiger partial charge in [-0.1, -0.05) is 35.9 Å². The van der Waals surface area contributed by atoms with Crippen molar-refractivity contribution in [1.29, 1.82) is 0 Å². The monoisotopic (exact) mass is 309 g/mol. The van der Waals surface area contributed by atoms with Crippen LogP contribution in [-0.4, -0.2) is 37.1 Å². The summed E-state index contributed by atoms with van der Waals surface area (Å²) in [5.41, 5.74) is 4.47. The number of aryl methyl sites for hydroxylation is 2. The van der Waals surface area contributed by atoms with Crippen molar-refractivity contribution in [3.63, 3.8) is 0 Å². The number of rotatable bonds is 2. The van der Waals surface area contributed by atoms with E-state index in [0.29, 0.717) is 0 Å². The second-order valence-electron chi connectivity index (χ2n) is 6.05. The first-order chi connectivity index (χ1) is 11.1. The van der Waals surface area contributed by atoms with Gasteiger partial charge in [-0.15, -0.1) is 0 Å². The largest absolute Gasteiger partial charge is 0.368 e. The van der Waals surface area contributed by atoms with Crippen LogP contribution >= 0.6 is 0 Å². The Balaban J connectivity index is 1.57. The molecule has 23 heavy (non-hydrogen) atoms. The number of hydrogen-bond acceptors (Lipinski definition) is 2. The first-order valence-electron chi connectivity index (χ1n) is 8.06. The molecule has 1 fully saturated rings. The number of hydrogen-bond donors (Lipinski definition) is 1. The fraction of sp³-hybridized carbons (Fsp3) is 0.316. The van der Waals surface area contributed by atoms with Gasteiger partial charge in [-0.05, 0) is 37.6 Å². The summed E-state index contributed by atoms with van der Waals surface area (Å²) >= 11 is 0. The summed E-state index contributed by atoms with van der Waals surface area (Å²) in [6.07, 6.45) is 0. The number of para-hydroxylation sites is 1. The minimum absolute atomic E-state index is 0.0112. The zero-order valence-electron chi connectivity index (χ0n) is 13.7. The second kappa shape index (κ2) is 6.73. The van der Waals surface area contributed by atoms with E-state index < -0.39 is 0 Å². The molecule has 2 aromatic carbocycles. The summed E-state index contributed by atoms with van der Waals surface area (Å²) in [5, 5.41) is 3.01. The van der Waals surface area contributed by atoms with Crippen LogP contribution in [0.2, 0.25) is 0 Å². The molecule has 2 amide bonds. The van der Waals surface area contributed by atoms with Crippen molar-refractivity contribution in [3.8, 4) is 0 Å². The van der Waals surface area contributed by atoms with E-state index in [1.54, 1.807) is 0 Å². The molecule has 1 aliphatic rings. The Hall–Kier alpha value is -2.49. The Morgan fingerprint density at radius 2 is 1.57 bits per heavy atom. The summed E-state index contributed by atoms with van der Waals surface area (Å²) in [5.74, 6) is 0. The van der Waals surface area contributed by atoms with Gasteiger partial charge in [0.25, 0.3) is 0 Å². The van der Waals surface area contributed by atoms with Crippen molar-refractivity contribution in [1.82, 2.24) is 4.90 Å². The zero-order valence-corrected chi connectivity index (χ0v) is 13.7. The molecular weight excluding hydrogens is 286 g/mol. The molecule has 1 saturated heterocycles. The number of amides is 2. The molecule has 0 spiro atoms. The molecule has 0 atom stereocenters. The Labute approximate surface area is 137 Å². The number of carbonyl (C=O) groups is 1. The Kier molecular flexibility index (Phi) is 4.51. The second-order valence-corrected chi connectivity index (χ2v) is 6.05. The lowest BCUT2D eigenvalue weighted by atomic mass is 10.2. The van der Waals surface area contributed by atoms with Crippen LogP contribution in [0, 0.1) is 13.8 Å². The maximum Gasteiger partial charge on any atom is 0.321 e. The SMILES string of the molecule is Cc1ccc(N2CCN(C(=O)Nc3ccccc3C)CC2)cc1. The van der Waals surface area contributed by atoms with Crippen molar-refractivity contribution >= 4 is 17.4 Å². The Morgan fingerprint density at radius 3 is 2.22 bits per heavy atom. The molecule has 0 aliphatic carbocycles. The van der Waals surface area contributed by atoms with Gasteiger partial charge in [-0.2, -0.15) is 0 Å². The smallest absolute Gasteiger partial charge is 0.321 e. The predicted octanol–water partition coefficient (Wildman–Crippen LogP) is 3.66. The van der Waals surface area contributed by atoms with E-state index >= 15 is 0 Å². The highest BCUT2D eigenvalue weighted by Crippen LogP contribution is 2.18. The van der Waals surface area contributed by atoms with Crippen molar-refractivity contribution in [3.05, 3.63) is 59.7 Å². The molecular formula is C19H23N3O. The molecule has 0 radical (unpaired) electrons. The molecule has 0 saturated carbocycles. The molecule has 1 aliphatic heterocycles. The number of benzene rings is 2. The minimum Gasteiger partial charge on any atom is -0.368 e. The summed E-state index contributed by atoms with van der Waals surface area (Å²) < 4.78 is 0.